The number of para-hydroxylation sites is 1. The molecule has 3 N–H and O–H groups in total. The van der Waals surface area contributed by atoms with Gasteiger partial charge in [0.1, 0.15) is 0 Å². The minimum Gasteiger partial charge on any atom is -0.350 e. The normalized spacial score (nSPS) is 12.5. The van der Waals surface area contributed by atoms with Gasteiger partial charge in [0.2, 0.25) is 5.91 Å². The number of benzene rings is 2. The third-order valence-electron chi connectivity index (χ3n) is 4.75. The molecule has 0 aliphatic carbocycles. The molecule has 0 aliphatic rings. The lowest BCUT2D eigenvalue weighted by Gasteiger charge is -2.14. The Morgan fingerprint density at radius 1 is 1.15 bits per heavy atom. The van der Waals surface area contributed by atoms with E-state index in [9.17, 15) is 9.59 Å². The molecular weight excluding hydrogens is 328 g/mol. The van der Waals surface area contributed by atoms with Crippen LogP contribution in [0.25, 0.3) is 21.9 Å². The molecule has 2 aromatic carbocycles. The molecule has 6 nitrogen and oxygen atoms in total. The Hall–Kier alpha value is -3.28. The van der Waals surface area contributed by atoms with Gasteiger partial charge in [-0.05, 0) is 36.2 Å². The molecule has 2 aromatic heterocycles. The van der Waals surface area contributed by atoms with Gasteiger partial charge >= 0.3 is 5.69 Å². The van der Waals surface area contributed by atoms with Crippen LogP contribution in [0, 0.1) is 0 Å². The lowest BCUT2D eigenvalue weighted by atomic mass is 10.1. The third kappa shape index (κ3) is 2.90. The van der Waals surface area contributed by atoms with Crippen molar-refractivity contribution in [3.05, 3.63) is 70.3 Å². The predicted octanol–water partition coefficient (Wildman–Crippen LogP) is 2.77. The Kier molecular flexibility index (Phi) is 3.88. The first kappa shape index (κ1) is 16.2. The van der Waals surface area contributed by atoms with Crippen LogP contribution in [0.15, 0.2) is 53.5 Å². The standard InChI is InChI=1S/C20H20N4O2/c1-12(13-7-8-16-17(9-13)23-20(26)22-16)21-19(25)10-14-11-24(2)18-6-4-3-5-15(14)18/h3-9,11-12H,10H2,1-2H3,(H,21,25)(H2,22,23,26)/t12-/m0/s1. The van der Waals surface area contributed by atoms with Crippen molar-refractivity contribution < 1.29 is 4.79 Å². The fraction of sp³-hybridized carbons (Fsp3) is 0.200. The first-order valence-electron chi connectivity index (χ1n) is 8.55. The summed E-state index contributed by atoms with van der Waals surface area (Å²) in [6.07, 6.45) is 2.33. The van der Waals surface area contributed by atoms with E-state index >= 15 is 0 Å². The summed E-state index contributed by atoms with van der Waals surface area (Å²) < 4.78 is 2.04. The zero-order chi connectivity index (χ0) is 18.3. The SMILES string of the molecule is C[C@H](NC(=O)Cc1cn(C)c2ccccc12)c1ccc2[nH]c(=O)[nH]c2c1. The van der Waals surface area contributed by atoms with Crippen molar-refractivity contribution in [3.63, 3.8) is 0 Å². The number of aromatic nitrogens is 3. The lowest BCUT2D eigenvalue weighted by molar-refractivity contribution is -0.121. The molecule has 4 aromatic rings. The maximum Gasteiger partial charge on any atom is 0.323 e. The van der Waals surface area contributed by atoms with Crippen molar-refractivity contribution in [1.29, 1.82) is 0 Å². The molecule has 1 atom stereocenters. The highest BCUT2D eigenvalue weighted by molar-refractivity contribution is 5.89. The Balaban J connectivity index is 1.52. The number of imidazole rings is 1. The predicted molar refractivity (Wildman–Crippen MR) is 102 cm³/mol. The molecule has 0 spiro atoms. The minimum atomic E-state index is -0.232. The molecule has 6 heteroatoms. The Bertz CT molecular complexity index is 1170. The van der Waals surface area contributed by atoms with Gasteiger partial charge in [-0.25, -0.2) is 4.79 Å². The van der Waals surface area contributed by atoms with Gasteiger partial charge in [0.15, 0.2) is 0 Å². The summed E-state index contributed by atoms with van der Waals surface area (Å²) in [5, 5.41) is 4.14. The van der Waals surface area contributed by atoms with E-state index in [1.54, 1.807) is 0 Å². The van der Waals surface area contributed by atoms with Crippen LogP contribution in [0.2, 0.25) is 0 Å². The number of aromatic amines is 2. The zero-order valence-electron chi connectivity index (χ0n) is 14.7. The first-order chi connectivity index (χ1) is 12.5. The molecule has 0 radical (unpaired) electrons. The molecule has 0 bridgehead atoms. The number of fused-ring (bicyclic) bond motifs is 2. The molecule has 2 heterocycles. The second-order valence-corrected chi connectivity index (χ2v) is 6.63. The zero-order valence-corrected chi connectivity index (χ0v) is 14.7. The van der Waals surface area contributed by atoms with E-state index in [0.29, 0.717) is 6.42 Å². The maximum atomic E-state index is 12.5. The summed E-state index contributed by atoms with van der Waals surface area (Å²) in [4.78, 5) is 29.4. The van der Waals surface area contributed by atoms with E-state index in [4.69, 9.17) is 0 Å². The molecule has 0 aliphatic heterocycles. The van der Waals surface area contributed by atoms with Crippen molar-refractivity contribution in [2.24, 2.45) is 7.05 Å². The van der Waals surface area contributed by atoms with Crippen LogP contribution in [-0.2, 0) is 18.3 Å². The van der Waals surface area contributed by atoms with Crippen LogP contribution in [0.4, 0.5) is 0 Å². The minimum absolute atomic E-state index is 0.0310. The van der Waals surface area contributed by atoms with Crippen molar-refractivity contribution in [1.82, 2.24) is 19.9 Å². The van der Waals surface area contributed by atoms with Crippen LogP contribution in [0.5, 0.6) is 0 Å². The summed E-state index contributed by atoms with van der Waals surface area (Å²) in [5.41, 5.74) is 4.34. The highest BCUT2D eigenvalue weighted by Gasteiger charge is 2.14. The maximum absolute atomic E-state index is 12.5. The first-order valence-corrected chi connectivity index (χ1v) is 8.55. The molecule has 26 heavy (non-hydrogen) atoms. The second-order valence-electron chi connectivity index (χ2n) is 6.63. The number of aryl methyl sites for hydroxylation is 1. The van der Waals surface area contributed by atoms with E-state index in [2.05, 4.69) is 15.3 Å². The van der Waals surface area contributed by atoms with Crippen LogP contribution >= 0.6 is 0 Å². The van der Waals surface area contributed by atoms with E-state index in [-0.39, 0.29) is 17.6 Å². The fourth-order valence-corrected chi connectivity index (χ4v) is 3.43. The Morgan fingerprint density at radius 2 is 1.92 bits per heavy atom. The Labute approximate surface area is 149 Å². The molecule has 4 rings (SSSR count). The molecule has 132 valence electrons. The van der Waals surface area contributed by atoms with Gasteiger partial charge in [-0.1, -0.05) is 24.3 Å². The van der Waals surface area contributed by atoms with Gasteiger partial charge in [0, 0.05) is 24.1 Å². The Morgan fingerprint density at radius 3 is 2.77 bits per heavy atom. The average molecular weight is 348 g/mol. The molecular formula is C20H20N4O2. The number of hydrogen-bond acceptors (Lipinski definition) is 2. The number of carbonyl (C=O) groups excluding carboxylic acids is 1. The van der Waals surface area contributed by atoms with E-state index in [1.807, 2.05) is 67.2 Å². The highest BCUT2D eigenvalue weighted by atomic mass is 16.1. The van der Waals surface area contributed by atoms with E-state index in [0.717, 1.165) is 33.1 Å². The largest absolute Gasteiger partial charge is 0.350 e. The average Bonchev–Trinajstić information content (AvgIpc) is 3.13. The topological polar surface area (TPSA) is 82.7 Å². The number of rotatable bonds is 4. The molecule has 0 saturated heterocycles. The number of nitrogens with one attached hydrogen (secondary N) is 3. The fourth-order valence-electron chi connectivity index (χ4n) is 3.43. The van der Waals surface area contributed by atoms with Gasteiger partial charge in [-0.2, -0.15) is 0 Å². The third-order valence-corrected chi connectivity index (χ3v) is 4.75. The number of amides is 1. The molecule has 0 saturated carbocycles. The summed E-state index contributed by atoms with van der Waals surface area (Å²) in [7, 11) is 1.99. The van der Waals surface area contributed by atoms with Crippen molar-refractivity contribution >= 4 is 27.8 Å². The number of carbonyl (C=O) groups is 1. The van der Waals surface area contributed by atoms with Gasteiger partial charge < -0.3 is 19.9 Å². The van der Waals surface area contributed by atoms with E-state index in [1.165, 1.54) is 0 Å². The molecule has 0 unspecified atom stereocenters. The van der Waals surface area contributed by atoms with Crippen LogP contribution < -0.4 is 11.0 Å². The second kappa shape index (κ2) is 6.22. The van der Waals surface area contributed by atoms with Gasteiger partial charge in [0.25, 0.3) is 0 Å². The van der Waals surface area contributed by atoms with Gasteiger partial charge in [-0.15, -0.1) is 0 Å². The highest BCUT2D eigenvalue weighted by Crippen LogP contribution is 2.21. The molecule has 0 fully saturated rings. The van der Waals surface area contributed by atoms with Gasteiger partial charge in [-0.3, -0.25) is 4.79 Å². The van der Waals surface area contributed by atoms with E-state index < -0.39 is 0 Å². The smallest absolute Gasteiger partial charge is 0.323 e. The summed E-state index contributed by atoms with van der Waals surface area (Å²) in [5.74, 6) is -0.0310. The summed E-state index contributed by atoms with van der Waals surface area (Å²) in [6.45, 7) is 1.94. The monoisotopic (exact) mass is 348 g/mol. The lowest BCUT2D eigenvalue weighted by Crippen LogP contribution is -2.28. The van der Waals surface area contributed by atoms with Crippen LogP contribution in [0.3, 0.4) is 0 Å². The van der Waals surface area contributed by atoms with Crippen molar-refractivity contribution in [2.45, 2.75) is 19.4 Å². The quantitative estimate of drug-likeness (QED) is 0.530. The van der Waals surface area contributed by atoms with Crippen molar-refractivity contribution in [2.75, 3.05) is 0 Å². The number of H-pyrrole nitrogens is 2. The summed E-state index contributed by atoms with van der Waals surface area (Å²) >= 11 is 0. The van der Waals surface area contributed by atoms with Crippen LogP contribution in [0.1, 0.15) is 24.1 Å². The van der Waals surface area contributed by atoms with Crippen LogP contribution in [-0.4, -0.2) is 20.4 Å². The molecule has 1 amide bonds. The number of hydrogen-bond donors (Lipinski definition) is 3. The van der Waals surface area contributed by atoms with Gasteiger partial charge in [0.05, 0.1) is 23.5 Å². The number of nitrogens with zero attached hydrogens (tertiary/aromatic N) is 1. The summed E-state index contributed by atoms with van der Waals surface area (Å²) in [6, 6.07) is 13.6. The van der Waals surface area contributed by atoms with Crippen molar-refractivity contribution in [3.8, 4) is 0 Å².